The van der Waals surface area contributed by atoms with Crippen LogP contribution in [0.3, 0.4) is 0 Å². The first-order valence-corrected chi connectivity index (χ1v) is 7.80. The molecule has 0 aromatic heterocycles. The number of ether oxygens (including phenoxy) is 2. The van der Waals surface area contributed by atoms with Crippen molar-refractivity contribution >= 4 is 0 Å². The van der Waals surface area contributed by atoms with Crippen molar-refractivity contribution in [2.75, 3.05) is 39.5 Å². The van der Waals surface area contributed by atoms with Gasteiger partial charge in [-0.1, -0.05) is 13.0 Å². The first-order valence-electron chi connectivity index (χ1n) is 7.80. The number of likely N-dealkylation sites (N-methyl/N-ethyl adjacent to an activating group) is 1. The van der Waals surface area contributed by atoms with Gasteiger partial charge in [0.25, 0.3) is 0 Å². The van der Waals surface area contributed by atoms with Gasteiger partial charge in [0.2, 0.25) is 6.79 Å². The van der Waals surface area contributed by atoms with Crippen molar-refractivity contribution in [1.82, 2.24) is 9.80 Å². The molecule has 2 unspecified atom stereocenters. The summed E-state index contributed by atoms with van der Waals surface area (Å²) in [5, 5.41) is 0. The lowest BCUT2D eigenvalue weighted by atomic mass is 10.0. The van der Waals surface area contributed by atoms with E-state index < -0.39 is 0 Å². The minimum Gasteiger partial charge on any atom is -0.454 e. The molecule has 0 aliphatic carbocycles. The van der Waals surface area contributed by atoms with Crippen LogP contribution in [-0.4, -0.2) is 55.4 Å². The molecule has 1 saturated heterocycles. The molecule has 0 radical (unpaired) electrons. The highest BCUT2D eigenvalue weighted by Crippen LogP contribution is 2.35. The summed E-state index contributed by atoms with van der Waals surface area (Å²) in [5.74, 6) is 1.67. The topological polar surface area (TPSA) is 51.0 Å². The molecular weight excluding hydrogens is 266 g/mol. The highest BCUT2D eigenvalue weighted by atomic mass is 16.7. The molecule has 5 heteroatoms. The number of nitrogens with zero attached hydrogens (tertiary/aromatic N) is 2. The maximum Gasteiger partial charge on any atom is 0.231 e. The summed E-state index contributed by atoms with van der Waals surface area (Å²) in [7, 11) is 0. The van der Waals surface area contributed by atoms with E-state index in [4.69, 9.17) is 15.2 Å². The van der Waals surface area contributed by atoms with E-state index in [0.717, 1.165) is 37.7 Å². The number of rotatable bonds is 4. The monoisotopic (exact) mass is 291 g/mol. The predicted molar refractivity (Wildman–Crippen MR) is 82.6 cm³/mol. The first kappa shape index (κ1) is 14.6. The van der Waals surface area contributed by atoms with Crippen LogP contribution >= 0.6 is 0 Å². The van der Waals surface area contributed by atoms with E-state index in [2.05, 4.69) is 35.8 Å². The average molecular weight is 291 g/mol. The van der Waals surface area contributed by atoms with Gasteiger partial charge < -0.3 is 15.2 Å². The van der Waals surface area contributed by atoms with Gasteiger partial charge in [-0.25, -0.2) is 0 Å². The molecule has 2 aliphatic heterocycles. The first-order chi connectivity index (χ1) is 10.2. The molecule has 2 heterocycles. The molecule has 2 atom stereocenters. The van der Waals surface area contributed by atoms with Crippen LogP contribution in [0.25, 0.3) is 0 Å². The molecule has 5 nitrogen and oxygen atoms in total. The van der Waals surface area contributed by atoms with Gasteiger partial charge >= 0.3 is 0 Å². The Hall–Kier alpha value is -1.30. The smallest absolute Gasteiger partial charge is 0.231 e. The second-order valence-electron chi connectivity index (χ2n) is 5.84. The van der Waals surface area contributed by atoms with Crippen molar-refractivity contribution in [2.45, 2.75) is 25.9 Å². The summed E-state index contributed by atoms with van der Waals surface area (Å²) >= 11 is 0. The predicted octanol–water partition coefficient (Wildman–Crippen LogP) is 1.44. The highest BCUT2D eigenvalue weighted by Gasteiger charge is 2.28. The zero-order valence-electron chi connectivity index (χ0n) is 12.9. The van der Waals surface area contributed by atoms with Crippen molar-refractivity contribution < 1.29 is 9.47 Å². The highest BCUT2D eigenvalue weighted by molar-refractivity contribution is 5.45. The van der Waals surface area contributed by atoms with Gasteiger partial charge in [0, 0.05) is 38.3 Å². The second-order valence-corrected chi connectivity index (χ2v) is 5.84. The van der Waals surface area contributed by atoms with Crippen molar-refractivity contribution in [3.05, 3.63) is 23.8 Å². The van der Waals surface area contributed by atoms with Gasteiger partial charge in [-0.05, 0) is 31.2 Å². The zero-order chi connectivity index (χ0) is 14.8. The van der Waals surface area contributed by atoms with Crippen LogP contribution in [0.15, 0.2) is 18.2 Å². The third kappa shape index (κ3) is 2.86. The van der Waals surface area contributed by atoms with Crippen LogP contribution in [0, 0.1) is 0 Å². The van der Waals surface area contributed by atoms with Gasteiger partial charge in [0.15, 0.2) is 11.5 Å². The van der Waals surface area contributed by atoms with Crippen LogP contribution in [-0.2, 0) is 0 Å². The lowest BCUT2D eigenvalue weighted by Gasteiger charge is -2.42. The molecule has 1 aromatic rings. The van der Waals surface area contributed by atoms with Crippen molar-refractivity contribution in [1.29, 1.82) is 0 Å². The average Bonchev–Trinajstić information content (AvgIpc) is 2.96. The number of hydrogen-bond donors (Lipinski definition) is 1. The second kappa shape index (κ2) is 6.22. The Morgan fingerprint density at radius 1 is 1.29 bits per heavy atom. The molecule has 0 amide bonds. The van der Waals surface area contributed by atoms with E-state index in [1.54, 1.807) is 0 Å². The third-order valence-electron chi connectivity index (χ3n) is 4.65. The van der Waals surface area contributed by atoms with Crippen LogP contribution in [0.4, 0.5) is 0 Å². The number of fused-ring (bicyclic) bond motifs is 1. The molecule has 116 valence electrons. The van der Waals surface area contributed by atoms with E-state index in [9.17, 15) is 0 Å². The Kier molecular flexibility index (Phi) is 4.33. The molecule has 0 saturated carbocycles. The maximum atomic E-state index is 6.07. The summed E-state index contributed by atoms with van der Waals surface area (Å²) < 4.78 is 10.9. The summed E-state index contributed by atoms with van der Waals surface area (Å²) in [6.45, 7) is 9.81. The maximum absolute atomic E-state index is 6.07. The lowest BCUT2D eigenvalue weighted by molar-refractivity contribution is 0.0606. The lowest BCUT2D eigenvalue weighted by Crippen LogP contribution is -2.53. The molecule has 0 spiro atoms. The summed E-state index contributed by atoms with van der Waals surface area (Å²) in [6, 6.07) is 7.01. The Morgan fingerprint density at radius 2 is 2.10 bits per heavy atom. The fourth-order valence-electron chi connectivity index (χ4n) is 3.39. The van der Waals surface area contributed by atoms with Gasteiger partial charge in [0.1, 0.15) is 0 Å². The summed E-state index contributed by atoms with van der Waals surface area (Å²) in [5.41, 5.74) is 7.29. The standard InChI is InChI=1S/C16H25N3O2/c1-3-18-6-7-19(10-12(18)2)14(9-17)13-4-5-15-16(8-13)21-11-20-15/h4-5,8,12,14H,3,6-7,9-11,17H2,1-2H3. The van der Waals surface area contributed by atoms with E-state index >= 15 is 0 Å². The molecule has 21 heavy (non-hydrogen) atoms. The van der Waals surface area contributed by atoms with E-state index in [1.165, 1.54) is 5.56 Å². The van der Waals surface area contributed by atoms with Gasteiger partial charge in [-0.3, -0.25) is 9.80 Å². The zero-order valence-corrected chi connectivity index (χ0v) is 12.9. The molecule has 1 fully saturated rings. The fraction of sp³-hybridized carbons (Fsp3) is 0.625. The number of nitrogens with two attached hydrogens (primary N) is 1. The Balaban J connectivity index is 1.76. The van der Waals surface area contributed by atoms with Crippen LogP contribution in [0.5, 0.6) is 11.5 Å². The van der Waals surface area contributed by atoms with E-state index in [0.29, 0.717) is 19.4 Å². The van der Waals surface area contributed by atoms with Crippen LogP contribution in [0.1, 0.15) is 25.5 Å². The van der Waals surface area contributed by atoms with Crippen molar-refractivity contribution in [3.63, 3.8) is 0 Å². The Morgan fingerprint density at radius 3 is 2.81 bits per heavy atom. The van der Waals surface area contributed by atoms with Crippen molar-refractivity contribution in [3.8, 4) is 11.5 Å². The fourth-order valence-corrected chi connectivity index (χ4v) is 3.39. The van der Waals surface area contributed by atoms with E-state index in [1.807, 2.05) is 6.07 Å². The largest absolute Gasteiger partial charge is 0.454 e. The van der Waals surface area contributed by atoms with Gasteiger partial charge in [-0.2, -0.15) is 0 Å². The Bertz CT molecular complexity index is 494. The number of piperazine rings is 1. The molecule has 1 aromatic carbocycles. The molecule has 2 aliphatic rings. The quantitative estimate of drug-likeness (QED) is 0.910. The third-order valence-corrected chi connectivity index (χ3v) is 4.65. The van der Waals surface area contributed by atoms with Gasteiger partial charge in [0.05, 0.1) is 0 Å². The number of hydrogen-bond acceptors (Lipinski definition) is 5. The SMILES string of the molecule is CCN1CCN(C(CN)c2ccc3c(c2)OCO3)CC1C. The number of benzene rings is 1. The van der Waals surface area contributed by atoms with Gasteiger partial charge in [-0.15, -0.1) is 0 Å². The van der Waals surface area contributed by atoms with Crippen LogP contribution < -0.4 is 15.2 Å². The molecule has 3 rings (SSSR count). The normalized spacial score (nSPS) is 24.2. The Labute approximate surface area is 126 Å². The molecule has 2 N–H and O–H groups in total. The molecule has 0 bridgehead atoms. The van der Waals surface area contributed by atoms with E-state index in [-0.39, 0.29) is 6.04 Å². The summed E-state index contributed by atoms with van der Waals surface area (Å²) in [6.07, 6.45) is 0. The van der Waals surface area contributed by atoms with Crippen LogP contribution in [0.2, 0.25) is 0 Å². The molecular formula is C16H25N3O2. The summed E-state index contributed by atoms with van der Waals surface area (Å²) in [4.78, 5) is 5.01. The minimum atomic E-state index is 0.251. The van der Waals surface area contributed by atoms with Crippen molar-refractivity contribution in [2.24, 2.45) is 5.73 Å². The minimum absolute atomic E-state index is 0.251.